The van der Waals surface area contributed by atoms with Gasteiger partial charge in [0.2, 0.25) is 0 Å². The van der Waals surface area contributed by atoms with Crippen LogP contribution < -0.4 is 15.6 Å². The molecule has 0 radical (unpaired) electrons. The van der Waals surface area contributed by atoms with Crippen molar-refractivity contribution < 1.29 is 14.3 Å². The Morgan fingerprint density at radius 2 is 1.85 bits per heavy atom. The molecule has 0 atom stereocenters. The van der Waals surface area contributed by atoms with Gasteiger partial charge in [-0.25, -0.2) is 4.79 Å². The van der Waals surface area contributed by atoms with Gasteiger partial charge in [-0.15, -0.1) is 11.3 Å². The second-order valence-corrected chi connectivity index (χ2v) is 12.2. The average molecular weight is 548 g/mol. The van der Waals surface area contributed by atoms with Crippen LogP contribution in [0.2, 0.25) is 0 Å². The van der Waals surface area contributed by atoms with Crippen LogP contribution in [0.4, 0.5) is 4.79 Å². The number of hydrogen-bond acceptors (Lipinski definition) is 6. The van der Waals surface area contributed by atoms with Crippen LogP contribution in [0.3, 0.4) is 0 Å². The summed E-state index contributed by atoms with van der Waals surface area (Å²) >= 11 is 1.46. The van der Waals surface area contributed by atoms with Crippen molar-refractivity contribution in [2.24, 2.45) is 5.92 Å². The number of hydrogen-bond donors (Lipinski definition) is 2. The molecule has 5 rings (SSSR count). The van der Waals surface area contributed by atoms with Gasteiger partial charge in [-0.05, 0) is 87.2 Å². The maximum absolute atomic E-state index is 12.5. The summed E-state index contributed by atoms with van der Waals surface area (Å²) in [7, 11) is 1.68. The molecule has 0 aliphatic carbocycles. The molecule has 1 fully saturated rings. The zero-order valence-electron chi connectivity index (χ0n) is 23.1. The molecule has 8 heteroatoms. The number of rotatable bonds is 7. The minimum atomic E-state index is -0.451. The Balaban J connectivity index is 1.19. The summed E-state index contributed by atoms with van der Waals surface area (Å²) in [6, 6.07) is 14.4. The molecule has 2 aromatic heterocycles. The van der Waals surface area contributed by atoms with Crippen LogP contribution in [0.5, 0.6) is 5.75 Å². The molecule has 39 heavy (non-hydrogen) atoms. The highest BCUT2D eigenvalue weighted by Crippen LogP contribution is 2.40. The number of methoxy groups -OCH3 is 1. The van der Waals surface area contributed by atoms with E-state index in [-0.39, 0.29) is 11.7 Å². The number of aromatic amines is 1. The Morgan fingerprint density at radius 1 is 1.10 bits per heavy atom. The monoisotopic (exact) mass is 547 g/mol. The number of likely N-dealkylation sites (tertiary alicyclic amines) is 1. The molecule has 1 amide bonds. The number of pyridine rings is 1. The number of piperidine rings is 1. The second-order valence-electron chi connectivity index (χ2n) is 11.3. The number of ether oxygens (including phenoxy) is 2. The molecule has 0 bridgehead atoms. The Bertz CT molecular complexity index is 1510. The van der Waals surface area contributed by atoms with Gasteiger partial charge in [0, 0.05) is 41.5 Å². The van der Waals surface area contributed by atoms with Gasteiger partial charge in [-0.2, -0.15) is 0 Å². The first-order valence-electron chi connectivity index (χ1n) is 13.6. The lowest BCUT2D eigenvalue weighted by atomic mass is 9.93. The third kappa shape index (κ3) is 6.12. The molecule has 206 valence electrons. The predicted molar refractivity (Wildman–Crippen MR) is 159 cm³/mol. The number of amides is 1. The molecule has 1 aliphatic heterocycles. The van der Waals surface area contributed by atoms with Crippen LogP contribution in [-0.2, 0) is 11.3 Å². The third-order valence-corrected chi connectivity index (χ3v) is 8.26. The number of carbonyl (C=O) groups excluding carboxylic acids is 1. The van der Waals surface area contributed by atoms with E-state index >= 15 is 0 Å². The van der Waals surface area contributed by atoms with E-state index in [0.717, 1.165) is 83.3 Å². The number of nitrogens with one attached hydrogen (secondary N) is 2. The molecule has 2 N–H and O–H groups in total. The van der Waals surface area contributed by atoms with E-state index in [1.54, 1.807) is 7.11 Å². The van der Waals surface area contributed by atoms with Gasteiger partial charge >= 0.3 is 6.09 Å². The van der Waals surface area contributed by atoms with Gasteiger partial charge in [0.05, 0.1) is 7.11 Å². The Kier molecular flexibility index (Phi) is 7.96. The van der Waals surface area contributed by atoms with Gasteiger partial charge in [-0.3, -0.25) is 4.79 Å². The first kappa shape index (κ1) is 27.2. The van der Waals surface area contributed by atoms with Crippen molar-refractivity contribution in [1.29, 1.82) is 0 Å². The summed E-state index contributed by atoms with van der Waals surface area (Å²) in [5, 5.41) is 7.51. The lowest BCUT2D eigenvalue weighted by Gasteiger charge is -2.33. The lowest BCUT2D eigenvalue weighted by molar-refractivity contribution is 0.0181. The number of fused-ring (bicyclic) bond motifs is 3. The smallest absolute Gasteiger partial charge is 0.410 e. The van der Waals surface area contributed by atoms with Gasteiger partial charge < -0.3 is 24.7 Å². The highest BCUT2D eigenvalue weighted by Gasteiger charge is 2.26. The molecule has 2 aromatic carbocycles. The van der Waals surface area contributed by atoms with Crippen LogP contribution >= 0.6 is 11.3 Å². The van der Waals surface area contributed by atoms with Gasteiger partial charge in [0.1, 0.15) is 16.1 Å². The summed E-state index contributed by atoms with van der Waals surface area (Å²) in [5.74, 6) is 1.41. The quantitative estimate of drug-likeness (QED) is 0.257. The molecule has 0 spiro atoms. The maximum Gasteiger partial charge on any atom is 0.410 e. The molecular weight excluding hydrogens is 510 g/mol. The highest BCUT2D eigenvalue weighted by atomic mass is 32.1. The Hall–Kier alpha value is -3.36. The van der Waals surface area contributed by atoms with E-state index in [9.17, 15) is 9.59 Å². The van der Waals surface area contributed by atoms with E-state index < -0.39 is 5.60 Å². The van der Waals surface area contributed by atoms with Crippen LogP contribution in [0.1, 0.15) is 45.6 Å². The highest BCUT2D eigenvalue weighted by molar-refractivity contribution is 7.17. The molecule has 0 saturated carbocycles. The van der Waals surface area contributed by atoms with Crippen molar-refractivity contribution >= 4 is 38.4 Å². The molecule has 0 unspecified atom stereocenters. The summed E-state index contributed by atoms with van der Waals surface area (Å²) in [6.45, 7) is 8.99. The average Bonchev–Trinajstić information content (AvgIpc) is 3.41. The summed E-state index contributed by atoms with van der Waals surface area (Å²) in [6.07, 6.45) is 2.94. The van der Waals surface area contributed by atoms with Crippen molar-refractivity contribution in [3.8, 4) is 16.9 Å². The molecule has 7 nitrogen and oxygen atoms in total. The lowest BCUT2D eigenvalue weighted by Crippen LogP contribution is -2.42. The summed E-state index contributed by atoms with van der Waals surface area (Å²) in [5.41, 5.74) is 3.56. The Labute approximate surface area is 233 Å². The number of H-pyrrole nitrogens is 1. The van der Waals surface area contributed by atoms with Gasteiger partial charge in [0.25, 0.3) is 5.56 Å². The fraction of sp³-hybridized carbons (Fsp3) is 0.419. The Morgan fingerprint density at radius 3 is 2.54 bits per heavy atom. The van der Waals surface area contributed by atoms with E-state index in [0.29, 0.717) is 5.92 Å². The van der Waals surface area contributed by atoms with Crippen molar-refractivity contribution in [3.05, 3.63) is 63.8 Å². The predicted octanol–water partition coefficient (Wildman–Crippen LogP) is 6.55. The van der Waals surface area contributed by atoms with Crippen LogP contribution in [0, 0.1) is 5.92 Å². The van der Waals surface area contributed by atoms with Gasteiger partial charge in [-0.1, -0.05) is 24.3 Å². The van der Waals surface area contributed by atoms with E-state index in [2.05, 4.69) is 34.6 Å². The minimum absolute atomic E-state index is 0.0568. The van der Waals surface area contributed by atoms with Crippen molar-refractivity contribution in [2.75, 3.05) is 26.7 Å². The molecular formula is C31H37N3O4S. The van der Waals surface area contributed by atoms with Crippen LogP contribution in [-0.4, -0.2) is 48.3 Å². The van der Waals surface area contributed by atoms with E-state index in [4.69, 9.17) is 9.47 Å². The maximum atomic E-state index is 12.5. The zero-order valence-corrected chi connectivity index (χ0v) is 24.0. The van der Waals surface area contributed by atoms with Gasteiger partial charge in [0.15, 0.2) is 0 Å². The second kappa shape index (κ2) is 11.4. The van der Waals surface area contributed by atoms with E-state index in [1.165, 1.54) is 16.9 Å². The largest absolute Gasteiger partial charge is 0.496 e. The fourth-order valence-electron chi connectivity index (χ4n) is 5.34. The topological polar surface area (TPSA) is 83.7 Å². The summed E-state index contributed by atoms with van der Waals surface area (Å²) < 4.78 is 12.0. The number of thiophene rings is 1. The zero-order chi connectivity index (χ0) is 27.6. The molecule has 3 heterocycles. The first-order chi connectivity index (χ1) is 18.7. The standard InChI is InChI=1S/C31H37N3O4S/c1-31(2,3)38-30(36)34-16-12-20(13-17-34)11-15-32-19-21-5-7-22(8-6-21)26-25(37-4)10-9-24-27(26)23-14-18-39-28(23)29(35)33-24/h5-10,14,18,20,32H,11-13,15-17,19H2,1-4H3,(H,33,35). The molecule has 1 saturated heterocycles. The number of aromatic nitrogens is 1. The molecule has 4 aromatic rings. The van der Waals surface area contributed by atoms with Crippen molar-refractivity contribution in [1.82, 2.24) is 15.2 Å². The van der Waals surface area contributed by atoms with Crippen molar-refractivity contribution in [2.45, 2.75) is 52.2 Å². The van der Waals surface area contributed by atoms with Crippen LogP contribution in [0.25, 0.3) is 32.1 Å². The minimum Gasteiger partial charge on any atom is -0.496 e. The molecule has 1 aliphatic rings. The van der Waals surface area contributed by atoms with Crippen LogP contribution in [0.15, 0.2) is 52.6 Å². The SMILES string of the molecule is COc1ccc2[nH]c(=O)c3sccc3c2c1-c1ccc(CNCCC2CCN(C(=O)OC(C)(C)C)CC2)cc1. The fourth-order valence-corrected chi connectivity index (χ4v) is 6.14. The number of carbonyl (C=O) groups is 1. The normalized spacial score (nSPS) is 14.7. The number of nitrogens with zero attached hydrogens (tertiary/aromatic N) is 1. The summed E-state index contributed by atoms with van der Waals surface area (Å²) in [4.78, 5) is 29.7. The van der Waals surface area contributed by atoms with Crippen molar-refractivity contribution in [3.63, 3.8) is 0 Å². The first-order valence-corrected chi connectivity index (χ1v) is 14.5. The van der Waals surface area contributed by atoms with E-state index in [1.807, 2.05) is 49.3 Å². The number of benzene rings is 2. The third-order valence-electron chi connectivity index (χ3n) is 7.34.